The summed E-state index contributed by atoms with van der Waals surface area (Å²) in [5, 5.41) is 18.0. The van der Waals surface area contributed by atoms with E-state index in [4.69, 9.17) is 0 Å². The second kappa shape index (κ2) is 5.56. The predicted molar refractivity (Wildman–Crippen MR) is 64.6 cm³/mol. The van der Waals surface area contributed by atoms with Crippen LogP contribution in [-0.4, -0.2) is 45.3 Å². The number of hydrogen-bond acceptors (Lipinski definition) is 6. The fraction of sp³-hybridized carbons (Fsp3) is 0.800. The Bertz CT molecular complexity index is 330. The topological polar surface area (TPSA) is 61.3 Å². The number of anilines is 1. The van der Waals surface area contributed by atoms with Gasteiger partial charge >= 0.3 is 0 Å². The largest absolute Gasteiger partial charge is 0.392 e. The van der Waals surface area contributed by atoms with Crippen LogP contribution >= 0.6 is 11.5 Å². The number of aliphatic hydroxyl groups is 1. The van der Waals surface area contributed by atoms with E-state index in [1.54, 1.807) is 0 Å². The lowest BCUT2D eigenvalue weighted by molar-refractivity contribution is 0.174. The summed E-state index contributed by atoms with van der Waals surface area (Å²) in [6.45, 7) is 5.59. The summed E-state index contributed by atoms with van der Waals surface area (Å²) in [6, 6.07) is 0. The predicted octanol–water partition coefficient (Wildman–Crippen LogP) is 0.927. The van der Waals surface area contributed by atoms with Crippen molar-refractivity contribution in [3.05, 3.63) is 5.69 Å². The zero-order valence-corrected chi connectivity index (χ0v) is 10.3. The van der Waals surface area contributed by atoms with E-state index in [-0.39, 0.29) is 6.10 Å². The van der Waals surface area contributed by atoms with Gasteiger partial charge in [-0.25, -0.2) is 0 Å². The van der Waals surface area contributed by atoms with E-state index in [0.29, 0.717) is 0 Å². The molecule has 0 amide bonds. The molecule has 0 radical (unpaired) electrons. The minimum absolute atomic E-state index is 0.168. The molecule has 0 aliphatic carbocycles. The molecule has 0 spiro atoms. The van der Waals surface area contributed by atoms with Gasteiger partial charge in [0, 0.05) is 37.7 Å². The van der Waals surface area contributed by atoms with Crippen molar-refractivity contribution in [2.45, 2.75) is 32.4 Å². The Morgan fingerprint density at radius 1 is 1.62 bits per heavy atom. The number of nitrogens with zero attached hydrogens (tertiary/aromatic N) is 3. The first-order chi connectivity index (χ1) is 7.79. The van der Waals surface area contributed by atoms with E-state index in [1.807, 2.05) is 0 Å². The molecule has 90 valence electrons. The van der Waals surface area contributed by atoms with Crippen LogP contribution in [0.2, 0.25) is 0 Å². The van der Waals surface area contributed by atoms with Gasteiger partial charge in [0.15, 0.2) is 0 Å². The van der Waals surface area contributed by atoms with Gasteiger partial charge < -0.3 is 10.4 Å². The fourth-order valence-electron chi connectivity index (χ4n) is 1.85. The van der Waals surface area contributed by atoms with Crippen LogP contribution in [-0.2, 0) is 6.54 Å². The average Bonchev–Trinajstić information content (AvgIpc) is 2.86. The van der Waals surface area contributed by atoms with E-state index < -0.39 is 0 Å². The number of rotatable bonds is 5. The molecule has 1 aliphatic rings. The smallest absolute Gasteiger partial charge is 0.134 e. The third kappa shape index (κ3) is 2.90. The number of hydrogen-bond donors (Lipinski definition) is 2. The second-order valence-corrected chi connectivity index (χ2v) is 4.91. The Hall–Kier alpha value is -0.720. The van der Waals surface area contributed by atoms with Crippen LogP contribution in [0.4, 0.5) is 5.00 Å². The summed E-state index contributed by atoms with van der Waals surface area (Å²) in [4.78, 5) is 2.22. The summed E-state index contributed by atoms with van der Waals surface area (Å²) < 4.78 is 3.98. The standard InChI is InChI=1S/C10H18N4OS/c1-2-4-11-10-9(12-13-16-10)7-14-5-3-8(15)6-14/h8,11,15H,2-7H2,1H3. The van der Waals surface area contributed by atoms with Gasteiger partial charge in [-0.2, -0.15) is 0 Å². The normalized spacial score (nSPS) is 21.5. The summed E-state index contributed by atoms with van der Waals surface area (Å²) >= 11 is 1.41. The molecular weight excluding hydrogens is 224 g/mol. The fourth-order valence-corrected chi connectivity index (χ4v) is 2.45. The van der Waals surface area contributed by atoms with Crippen molar-refractivity contribution in [1.29, 1.82) is 0 Å². The average molecular weight is 242 g/mol. The third-order valence-corrected chi connectivity index (χ3v) is 3.44. The van der Waals surface area contributed by atoms with Crippen molar-refractivity contribution in [2.24, 2.45) is 0 Å². The maximum atomic E-state index is 9.45. The molecule has 1 aliphatic heterocycles. The van der Waals surface area contributed by atoms with Gasteiger partial charge in [-0.1, -0.05) is 11.4 Å². The Morgan fingerprint density at radius 2 is 2.50 bits per heavy atom. The number of aromatic nitrogens is 2. The van der Waals surface area contributed by atoms with Gasteiger partial charge in [-0.05, 0) is 12.8 Å². The Labute approximate surface area is 99.6 Å². The lowest BCUT2D eigenvalue weighted by Gasteiger charge is -2.13. The van der Waals surface area contributed by atoms with Crippen LogP contribution in [0.5, 0.6) is 0 Å². The molecule has 1 aromatic rings. The third-order valence-electron chi connectivity index (χ3n) is 2.71. The van der Waals surface area contributed by atoms with Crippen LogP contribution in [0, 0.1) is 0 Å². The quantitative estimate of drug-likeness (QED) is 0.804. The molecule has 2 rings (SSSR count). The molecule has 1 atom stereocenters. The molecule has 2 heterocycles. The summed E-state index contributed by atoms with van der Waals surface area (Å²) in [5.41, 5.74) is 1.01. The van der Waals surface area contributed by atoms with Crippen LogP contribution < -0.4 is 5.32 Å². The highest BCUT2D eigenvalue weighted by molar-refractivity contribution is 7.10. The molecule has 0 aromatic carbocycles. The molecular formula is C10H18N4OS. The Balaban J connectivity index is 1.90. The molecule has 0 saturated carbocycles. The maximum Gasteiger partial charge on any atom is 0.134 e. The van der Waals surface area contributed by atoms with E-state index in [1.165, 1.54) is 11.5 Å². The summed E-state index contributed by atoms with van der Waals surface area (Å²) in [7, 11) is 0. The molecule has 1 saturated heterocycles. The monoisotopic (exact) mass is 242 g/mol. The van der Waals surface area contributed by atoms with Gasteiger partial charge in [0.1, 0.15) is 10.7 Å². The highest BCUT2D eigenvalue weighted by atomic mass is 32.1. The van der Waals surface area contributed by atoms with E-state index in [9.17, 15) is 5.11 Å². The van der Waals surface area contributed by atoms with Gasteiger partial charge in [-0.3, -0.25) is 4.90 Å². The van der Waals surface area contributed by atoms with E-state index in [2.05, 4.69) is 26.7 Å². The molecule has 16 heavy (non-hydrogen) atoms. The maximum absolute atomic E-state index is 9.45. The van der Waals surface area contributed by atoms with Crippen LogP contribution in [0.1, 0.15) is 25.5 Å². The van der Waals surface area contributed by atoms with Gasteiger partial charge in [0.2, 0.25) is 0 Å². The summed E-state index contributed by atoms with van der Waals surface area (Å²) in [5.74, 6) is 0. The molecule has 5 nitrogen and oxygen atoms in total. The van der Waals surface area contributed by atoms with Crippen molar-refractivity contribution in [1.82, 2.24) is 14.5 Å². The molecule has 6 heteroatoms. The van der Waals surface area contributed by atoms with Crippen molar-refractivity contribution in [2.75, 3.05) is 25.0 Å². The number of likely N-dealkylation sites (tertiary alicyclic amines) is 1. The van der Waals surface area contributed by atoms with Crippen LogP contribution in [0.15, 0.2) is 0 Å². The van der Waals surface area contributed by atoms with Crippen molar-refractivity contribution < 1.29 is 5.11 Å². The Morgan fingerprint density at radius 3 is 3.19 bits per heavy atom. The van der Waals surface area contributed by atoms with Crippen molar-refractivity contribution in [3.63, 3.8) is 0 Å². The number of aliphatic hydroxyl groups excluding tert-OH is 1. The second-order valence-electron chi connectivity index (χ2n) is 4.15. The van der Waals surface area contributed by atoms with E-state index >= 15 is 0 Å². The molecule has 0 bridgehead atoms. The zero-order chi connectivity index (χ0) is 11.4. The number of β-amino-alcohol motifs (C(OH)–C–C–N with tert-alkyl or cyclic N) is 1. The molecule has 1 unspecified atom stereocenters. The van der Waals surface area contributed by atoms with Gasteiger partial charge in [-0.15, -0.1) is 5.10 Å². The minimum atomic E-state index is -0.168. The lowest BCUT2D eigenvalue weighted by atomic mass is 10.3. The lowest BCUT2D eigenvalue weighted by Crippen LogP contribution is -2.22. The van der Waals surface area contributed by atoms with Crippen molar-refractivity contribution in [3.8, 4) is 0 Å². The first-order valence-electron chi connectivity index (χ1n) is 5.75. The Kier molecular flexibility index (Phi) is 4.09. The first kappa shape index (κ1) is 11.8. The molecule has 1 fully saturated rings. The van der Waals surface area contributed by atoms with Crippen LogP contribution in [0.25, 0.3) is 0 Å². The van der Waals surface area contributed by atoms with Crippen LogP contribution in [0.3, 0.4) is 0 Å². The van der Waals surface area contributed by atoms with Crippen molar-refractivity contribution >= 4 is 16.5 Å². The molecule has 1 aromatic heterocycles. The molecule has 2 N–H and O–H groups in total. The first-order valence-corrected chi connectivity index (χ1v) is 6.52. The van der Waals surface area contributed by atoms with Gasteiger partial charge in [0.25, 0.3) is 0 Å². The highest BCUT2D eigenvalue weighted by Crippen LogP contribution is 2.21. The SMILES string of the molecule is CCCNc1snnc1CN1CCC(O)C1. The summed E-state index contributed by atoms with van der Waals surface area (Å²) in [6.07, 6.45) is 1.80. The highest BCUT2D eigenvalue weighted by Gasteiger charge is 2.22. The zero-order valence-electron chi connectivity index (χ0n) is 9.52. The number of nitrogens with one attached hydrogen (secondary N) is 1. The minimum Gasteiger partial charge on any atom is -0.392 e. The van der Waals surface area contributed by atoms with Gasteiger partial charge in [0.05, 0.1) is 6.10 Å². The van der Waals surface area contributed by atoms with E-state index in [0.717, 1.165) is 49.7 Å².